The van der Waals surface area contributed by atoms with Gasteiger partial charge in [-0.15, -0.1) is 0 Å². The van der Waals surface area contributed by atoms with E-state index in [0.717, 1.165) is 4.57 Å². The third-order valence-corrected chi connectivity index (χ3v) is 3.56. The average Bonchev–Trinajstić information content (AvgIpc) is 2.71. The van der Waals surface area contributed by atoms with Gasteiger partial charge in [-0.2, -0.15) is 0 Å². The number of nitrogens with one attached hydrogen (secondary N) is 1. The monoisotopic (exact) mass is 299 g/mol. The fourth-order valence-corrected chi connectivity index (χ4v) is 2.46. The molecule has 1 aromatic rings. The zero-order chi connectivity index (χ0) is 15.7. The summed E-state index contributed by atoms with van der Waals surface area (Å²) in [5.41, 5.74) is 4.10. The van der Waals surface area contributed by atoms with Crippen LogP contribution < -0.4 is 17.0 Å². The van der Waals surface area contributed by atoms with Gasteiger partial charge in [-0.1, -0.05) is 0 Å². The number of rotatable bonds is 4. The molecule has 4 unspecified atom stereocenters. The van der Waals surface area contributed by atoms with Gasteiger partial charge in [-0.3, -0.25) is 19.1 Å². The molecule has 0 saturated carbocycles. The number of nitrogens with two attached hydrogens (primary N) is 1. The molecule has 0 aromatic carbocycles. The molecule has 1 amide bonds. The number of carbonyl (C=O) groups is 1. The van der Waals surface area contributed by atoms with E-state index in [-0.39, 0.29) is 12.0 Å². The van der Waals surface area contributed by atoms with E-state index in [1.54, 1.807) is 0 Å². The number of aliphatic hydroxyl groups excluding tert-OH is 2. The van der Waals surface area contributed by atoms with Crippen molar-refractivity contribution in [1.82, 2.24) is 9.55 Å². The summed E-state index contributed by atoms with van der Waals surface area (Å²) in [5.74, 6) is -1.37. The van der Waals surface area contributed by atoms with Crippen LogP contribution in [0.25, 0.3) is 0 Å². The van der Waals surface area contributed by atoms with Gasteiger partial charge in [0.2, 0.25) is 5.91 Å². The molecule has 2 rings (SSSR count). The summed E-state index contributed by atoms with van der Waals surface area (Å²) in [5, 5.41) is 19.5. The van der Waals surface area contributed by atoms with Gasteiger partial charge in [-0.05, 0) is 6.92 Å². The van der Waals surface area contributed by atoms with Gasteiger partial charge in [0.1, 0.15) is 6.10 Å². The summed E-state index contributed by atoms with van der Waals surface area (Å²) in [6.45, 7) is 1.07. The Morgan fingerprint density at radius 1 is 1.52 bits per heavy atom. The topological polar surface area (TPSA) is 148 Å². The van der Waals surface area contributed by atoms with Crippen molar-refractivity contribution in [3.8, 4) is 0 Å². The van der Waals surface area contributed by atoms with Gasteiger partial charge in [0, 0.05) is 24.1 Å². The highest BCUT2D eigenvalue weighted by molar-refractivity contribution is 5.74. The van der Waals surface area contributed by atoms with E-state index in [4.69, 9.17) is 10.5 Å². The number of aromatic nitrogens is 2. The molecular weight excluding hydrogens is 282 g/mol. The fraction of sp³-hybridized carbons (Fsp3) is 0.583. The lowest BCUT2D eigenvalue weighted by Gasteiger charge is -2.18. The quantitative estimate of drug-likeness (QED) is 0.486. The van der Waals surface area contributed by atoms with Crippen LogP contribution in [0.15, 0.2) is 15.8 Å². The van der Waals surface area contributed by atoms with Crippen LogP contribution in [0.1, 0.15) is 18.2 Å². The Hall–Kier alpha value is -1.97. The summed E-state index contributed by atoms with van der Waals surface area (Å²) in [6, 6.07) is 0. The van der Waals surface area contributed by atoms with Crippen LogP contribution in [-0.4, -0.2) is 44.5 Å². The Bertz CT molecular complexity index is 651. The van der Waals surface area contributed by atoms with Gasteiger partial charge in [0.25, 0.3) is 5.56 Å². The van der Waals surface area contributed by atoms with Crippen molar-refractivity contribution in [3.05, 3.63) is 32.6 Å². The molecule has 1 aromatic heterocycles. The highest BCUT2D eigenvalue weighted by Gasteiger charge is 2.45. The molecule has 1 aliphatic heterocycles. The molecule has 2 heterocycles. The molecule has 116 valence electrons. The second kappa shape index (κ2) is 5.80. The number of aromatic amines is 1. The SMILES string of the molecule is Cc1cn(C2OC(CO)C(CC(N)=O)C2O)c(=O)[nH]c1=O. The van der Waals surface area contributed by atoms with Crippen molar-refractivity contribution in [1.29, 1.82) is 0 Å². The first-order valence-electron chi connectivity index (χ1n) is 6.40. The molecule has 21 heavy (non-hydrogen) atoms. The number of aryl methyl sites for hydroxylation is 1. The van der Waals surface area contributed by atoms with E-state index < -0.39 is 48.1 Å². The molecule has 0 aliphatic carbocycles. The van der Waals surface area contributed by atoms with Gasteiger partial charge in [0.05, 0.1) is 12.7 Å². The summed E-state index contributed by atoms with van der Waals surface area (Å²) < 4.78 is 6.46. The van der Waals surface area contributed by atoms with E-state index >= 15 is 0 Å². The molecule has 9 heteroatoms. The lowest BCUT2D eigenvalue weighted by Crippen LogP contribution is -2.37. The van der Waals surface area contributed by atoms with Gasteiger partial charge >= 0.3 is 5.69 Å². The van der Waals surface area contributed by atoms with E-state index in [9.17, 15) is 24.6 Å². The van der Waals surface area contributed by atoms with E-state index in [2.05, 4.69) is 4.98 Å². The molecule has 1 fully saturated rings. The van der Waals surface area contributed by atoms with Crippen molar-refractivity contribution in [2.45, 2.75) is 31.8 Å². The molecule has 1 aliphatic rings. The van der Waals surface area contributed by atoms with E-state index in [1.165, 1.54) is 13.1 Å². The molecule has 0 radical (unpaired) electrons. The molecule has 9 nitrogen and oxygen atoms in total. The Kier molecular flexibility index (Phi) is 4.26. The molecule has 0 spiro atoms. The largest absolute Gasteiger partial charge is 0.394 e. The van der Waals surface area contributed by atoms with Crippen molar-refractivity contribution in [2.24, 2.45) is 11.7 Å². The second-order valence-electron chi connectivity index (χ2n) is 5.05. The predicted octanol–water partition coefficient (Wildman–Crippen LogP) is -2.41. The molecule has 4 atom stereocenters. The highest BCUT2D eigenvalue weighted by atomic mass is 16.5. The summed E-state index contributed by atoms with van der Waals surface area (Å²) in [6.07, 6.45) is -2.06. The number of amides is 1. The molecule has 5 N–H and O–H groups in total. The molecule has 0 bridgehead atoms. The van der Waals surface area contributed by atoms with Gasteiger partial charge < -0.3 is 20.7 Å². The first-order chi connectivity index (χ1) is 9.85. The first kappa shape index (κ1) is 15.4. The molecular formula is C12H17N3O6. The number of primary amides is 1. The van der Waals surface area contributed by atoms with Crippen LogP contribution in [0.3, 0.4) is 0 Å². The summed E-state index contributed by atoms with van der Waals surface area (Å²) in [7, 11) is 0. The maximum atomic E-state index is 11.8. The summed E-state index contributed by atoms with van der Waals surface area (Å²) in [4.78, 5) is 36.3. The highest BCUT2D eigenvalue weighted by Crippen LogP contribution is 2.34. The normalized spacial score (nSPS) is 28.7. The molecule has 1 saturated heterocycles. The van der Waals surface area contributed by atoms with Crippen molar-refractivity contribution >= 4 is 5.91 Å². The number of aliphatic hydroxyl groups is 2. The number of hydrogen-bond acceptors (Lipinski definition) is 6. The number of hydrogen-bond donors (Lipinski definition) is 4. The summed E-state index contributed by atoms with van der Waals surface area (Å²) >= 11 is 0. The number of H-pyrrole nitrogens is 1. The maximum absolute atomic E-state index is 11.8. The van der Waals surface area contributed by atoms with E-state index in [1.807, 2.05) is 0 Å². The lowest BCUT2D eigenvalue weighted by atomic mass is 9.94. The standard InChI is InChI=1S/C12H17N3O6/c1-5-3-15(12(20)14-10(5)19)11-9(18)6(2-8(13)17)7(4-16)21-11/h3,6-7,9,11,16,18H,2,4H2,1H3,(H2,13,17)(H,14,19,20). The number of ether oxygens (including phenoxy) is 1. The number of nitrogens with zero attached hydrogens (tertiary/aromatic N) is 1. The number of carbonyl (C=O) groups excluding carboxylic acids is 1. The van der Waals surface area contributed by atoms with Crippen molar-refractivity contribution in [2.75, 3.05) is 6.61 Å². The Morgan fingerprint density at radius 3 is 2.76 bits per heavy atom. The third kappa shape index (κ3) is 2.89. The van der Waals surface area contributed by atoms with Gasteiger partial charge in [-0.25, -0.2) is 4.79 Å². The average molecular weight is 299 g/mol. The fourth-order valence-electron chi connectivity index (χ4n) is 2.46. The zero-order valence-corrected chi connectivity index (χ0v) is 11.4. The van der Waals surface area contributed by atoms with Crippen molar-refractivity contribution in [3.63, 3.8) is 0 Å². The predicted molar refractivity (Wildman–Crippen MR) is 70.4 cm³/mol. The Morgan fingerprint density at radius 2 is 2.19 bits per heavy atom. The minimum Gasteiger partial charge on any atom is -0.394 e. The van der Waals surface area contributed by atoms with Gasteiger partial charge in [0.15, 0.2) is 6.23 Å². The van der Waals surface area contributed by atoms with Crippen LogP contribution in [-0.2, 0) is 9.53 Å². The Balaban J connectivity index is 2.37. The zero-order valence-electron chi connectivity index (χ0n) is 11.4. The second-order valence-corrected chi connectivity index (χ2v) is 5.05. The minimum atomic E-state index is -1.21. The smallest absolute Gasteiger partial charge is 0.330 e. The van der Waals surface area contributed by atoms with E-state index in [0.29, 0.717) is 0 Å². The first-order valence-corrected chi connectivity index (χ1v) is 6.40. The van der Waals surface area contributed by atoms with Crippen LogP contribution in [0.5, 0.6) is 0 Å². The van der Waals surface area contributed by atoms with Crippen molar-refractivity contribution < 1.29 is 19.7 Å². The lowest BCUT2D eigenvalue weighted by molar-refractivity contribution is -0.120. The third-order valence-electron chi connectivity index (χ3n) is 3.56. The van der Waals surface area contributed by atoms with Crippen LogP contribution >= 0.6 is 0 Å². The van der Waals surface area contributed by atoms with Crippen LogP contribution in [0, 0.1) is 12.8 Å². The van der Waals surface area contributed by atoms with Crippen LogP contribution in [0.4, 0.5) is 0 Å². The van der Waals surface area contributed by atoms with Crippen LogP contribution in [0.2, 0.25) is 0 Å². The minimum absolute atomic E-state index is 0.181. The Labute approximate surface area is 119 Å². The maximum Gasteiger partial charge on any atom is 0.330 e.